The summed E-state index contributed by atoms with van der Waals surface area (Å²) in [5.74, 6) is -0.0117. The molecule has 0 aliphatic rings. The fourth-order valence-electron chi connectivity index (χ4n) is 3.16. The summed E-state index contributed by atoms with van der Waals surface area (Å²) < 4.78 is 3.13. The van der Waals surface area contributed by atoms with Crippen LogP contribution in [0.3, 0.4) is 0 Å². The number of rotatable bonds is 6. The first-order valence-electron chi connectivity index (χ1n) is 9.32. The molecule has 0 aliphatic heterocycles. The number of para-hydroxylation sites is 1. The lowest BCUT2D eigenvalue weighted by Crippen LogP contribution is -2.32. The van der Waals surface area contributed by atoms with Crippen molar-refractivity contribution >= 4 is 45.0 Å². The van der Waals surface area contributed by atoms with Gasteiger partial charge in [0.1, 0.15) is 0 Å². The maximum Gasteiger partial charge on any atom is 0.260 e. The molecule has 0 bridgehead atoms. The highest BCUT2D eigenvalue weighted by Crippen LogP contribution is 2.31. The van der Waals surface area contributed by atoms with Crippen molar-refractivity contribution in [3.05, 3.63) is 77.9 Å². The summed E-state index contributed by atoms with van der Waals surface area (Å²) in [7, 11) is 0. The lowest BCUT2D eigenvalue weighted by Gasteiger charge is -2.20. The van der Waals surface area contributed by atoms with E-state index in [4.69, 9.17) is 4.98 Å². The molecule has 4 aromatic rings. The Hall–Kier alpha value is -2.70. The number of benzene rings is 2. The van der Waals surface area contributed by atoms with Crippen LogP contribution < -0.4 is 4.90 Å². The first-order valence-corrected chi connectivity index (χ1v) is 10.1. The second-order valence-electron chi connectivity index (χ2n) is 6.89. The number of imidazole rings is 1. The van der Waals surface area contributed by atoms with Crippen LogP contribution in [0.1, 0.15) is 27.9 Å². The van der Waals surface area contributed by atoms with Crippen LogP contribution in [0, 0.1) is 13.8 Å². The van der Waals surface area contributed by atoms with E-state index in [-0.39, 0.29) is 18.3 Å². The second-order valence-corrected chi connectivity index (χ2v) is 7.90. The fourth-order valence-corrected chi connectivity index (χ4v) is 4.22. The van der Waals surface area contributed by atoms with Crippen molar-refractivity contribution in [1.29, 1.82) is 0 Å². The summed E-state index contributed by atoms with van der Waals surface area (Å²) in [4.78, 5) is 24.0. The van der Waals surface area contributed by atoms with Gasteiger partial charge in [-0.25, -0.2) is 9.97 Å². The summed E-state index contributed by atoms with van der Waals surface area (Å²) in [6.07, 6.45) is 6.33. The Bertz CT molecular complexity index is 1090. The number of thiazole rings is 1. The lowest BCUT2D eigenvalue weighted by molar-refractivity contribution is 0.0986. The minimum Gasteiger partial charge on any atom is -0.337 e. The zero-order valence-electron chi connectivity index (χ0n) is 16.4. The standard InChI is InChI=1S/C22H22N4OS.ClH/c1-16-7-9-18(10-8-16)21(27)26(13-4-12-25-14-11-23-15-25)22-24-20-17(2)5-3-6-19(20)28-22;/h3,5-11,14-15H,4,12-13H2,1-2H3;1H. The molecule has 0 spiro atoms. The van der Waals surface area contributed by atoms with Crippen LogP contribution >= 0.6 is 23.7 Å². The molecule has 2 aromatic heterocycles. The van der Waals surface area contributed by atoms with Crippen molar-refractivity contribution in [3.63, 3.8) is 0 Å². The Morgan fingerprint density at radius 1 is 1.14 bits per heavy atom. The smallest absolute Gasteiger partial charge is 0.260 e. The highest BCUT2D eigenvalue weighted by atomic mass is 35.5. The van der Waals surface area contributed by atoms with Crippen molar-refractivity contribution in [2.24, 2.45) is 0 Å². The predicted molar refractivity (Wildman–Crippen MR) is 121 cm³/mol. The quantitative estimate of drug-likeness (QED) is 0.422. The molecule has 0 saturated carbocycles. The van der Waals surface area contributed by atoms with Gasteiger partial charge in [-0.3, -0.25) is 9.69 Å². The summed E-state index contributed by atoms with van der Waals surface area (Å²) >= 11 is 1.57. The van der Waals surface area contributed by atoms with E-state index in [2.05, 4.69) is 24.0 Å². The van der Waals surface area contributed by atoms with E-state index in [1.807, 2.05) is 52.9 Å². The number of hydrogen-bond acceptors (Lipinski definition) is 4. The number of aryl methyl sites for hydroxylation is 3. The van der Waals surface area contributed by atoms with Crippen molar-refractivity contribution < 1.29 is 4.79 Å². The van der Waals surface area contributed by atoms with Crippen molar-refractivity contribution in [2.75, 3.05) is 11.4 Å². The zero-order valence-corrected chi connectivity index (χ0v) is 18.0. The van der Waals surface area contributed by atoms with Gasteiger partial charge in [0.05, 0.1) is 16.5 Å². The van der Waals surface area contributed by atoms with E-state index in [0.29, 0.717) is 12.1 Å². The Morgan fingerprint density at radius 2 is 1.93 bits per heavy atom. The normalized spacial score (nSPS) is 10.7. The number of amides is 1. The number of halogens is 1. The van der Waals surface area contributed by atoms with Gasteiger partial charge in [-0.1, -0.05) is 41.2 Å². The summed E-state index contributed by atoms with van der Waals surface area (Å²) in [6, 6.07) is 13.9. The van der Waals surface area contributed by atoms with E-state index in [1.54, 1.807) is 23.9 Å². The topological polar surface area (TPSA) is 51.0 Å². The number of carbonyl (C=O) groups excluding carboxylic acids is 1. The SMILES string of the molecule is Cc1ccc(C(=O)N(CCCn2ccnc2)c2nc3c(C)cccc3s2)cc1.Cl. The lowest BCUT2D eigenvalue weighted by atomic mass is 10.1. The number of fused-ring (bicyclic) bond motifs is 1. The minimum atomic E-state index is -0.0117. The van der Waals surface area contributed by atoms with E-state index < -0.39 is 0 Å². The Kier molecular flexibility index (Phi) is 6.67. The summed E-state index contributed by atoms with van der Waals surface area (Å²) in [5.41, 5.74) is 3.92. The van der Waals surface area contributed by atoms with Crippen LogP contribution in [0.5, 0.6) is 0 Å². The number of carbonyl (C=O) groups is 1. The maximum atomic E-state index is 13.3. The Labute approximate surface area is 180 Å². The molecule has 0 radical (unpaired) electrons. The van der Waals surface area contributed by atoms with Gasteiger partial charge in [-0.05, 0) is 44.0 Å². The zero-order chi connectivity index (χ0) is 19.5. The largest absolute Gasteiger partial charge is 0.337 e. The second kappa shape index (κ2) is 9.20. The number of anilines is 1. The van der Waals surface area contributed by atoms with E-state index >= 15 is 0 Å². The molecule has 0 N–H and O–H groups in total. The summed E-state index contributed by atoms with van der Waals surface area (Å²) in [6.45, 7) is 5.48. The Balaban J connectivity index is 0.00000240. The highest BCUT2D eigenvalue weighted by molar-refractivity contribution is 7.22. The third kappa shape index (κ3) is 4.66. The van der Waals surface area contributed by atoms with E-state index in [0.717, 1.165) is 39.4 Å². The van der Waals surface area contributed by atoms with Crippen LogP contribution in [-0.4, -0.2) is 27.0 Å². The molecule has 0 fully saturated rings. The van der Waals surface area contributed by atoms with Gasteiger partial charge < -0.3 is 4.57 Å². The molecule has 2 aromatic carbocycles. The van der Waals surface area contributed by atoms with Crippen LogP contribution in [0.25, 0.3) is 10.2 Å². The van der Waals surface area contributed by atoms with Crippen LogP contribution in [0.2, 0.25) is 0 Å². The van der Waals surface area contributed by atoms with Gasteiger partial charge in [-0.15, -0.1) is 12.4 Å². The van der Waals surface area contributed by atoms with Gasteiger partial charge in [0.2, 0.25) is 0 Å². The van der Waals surface area contributed by atoms with Crippen LogP contribution in [0.4, 0.5) is 5.13 Å². The number of nitrogens with zero attached hydrogens (tertiary/aromatic N) is 4. The molecule has 7 heteroatoms. The molecule has 0 aliphatic carbocycles. The molecule has 150 valence electrons. The fraction of sp³-hybridized carbons (Fsp3) is 0.227. The van der Waals surface area contributed by atoms with Crippen LogP contribution in [0.15, 0.2) is 61.2 Å². The molecule has 29 heavy (non-hydrogen) atoms. The third-order valence-corrected chi connectivity index (χ3v) is 5.78. The minimum absolute atomic E-state index is 0. The first kappa shape index (κ1) is 21.0. The van der Waals surface area contributed by atoms with Gasteiger partial charge in [-0.2, -0.15) is 0 Å². The molecular formula is C22H23ClN4OS. The van der Waals surface area contributed by atoms with E-state index in [1.165, 1.54) is 0 Å². The van der Waals surface area contributed by atoms with Gasteiger partial charge in [0.25, 0.3) is 5.91 Å². The summed E-state index contributed by atoms with van der Waals surface area (Å²) in [5, 5.41) is 0.750. The van der Waals surface area contributed by atoms with Crippen molar-refractivity contribution in [1.82, 2.24) is 14.5 Å². The first-order chi connectivity index (χ1) is 13.6. The maximum absolute atomic E-state index is 13.3. The average Bonchev–Trinajstić information content (AvgIpc) is 3.36. The number of hydrogen-bond donors (Lipinski definition) is 0. The predicted octanol–water partition coefficient (Wildman–Crippen LogP) is 5.27. The monoisotopic (exact) mass is 426 g/mol. The molecule has 5 nitrogen and oxygen atoms in total. The van der Waals surface area contributed by atoms with Gasteiger partial charge >= 0.3 is 0 Å². The molecule has 0 unspecified atom stereocenters. The molecule has 4 rings (SSSR count). The molecule has 2 heterocycles. The third-order valence-electron chi connectivity index (χ3n) is 4.74. The molecule has 0 saturated heterocycles. The Morgan fingerprint density at radius 3 is 2.62 bits per heavy atom. The van der Waals surface area contributed by atoms with Crippen molar-refractivity contribution in [2.45, 2.75) is 26.8 Å². The van der Waals surface area contributed by atoms with Gasteiger partial charge in [0.15, 0.2) is 5.13 Å². The average molecular weight is 427 g/mol. The van der Waals surface area contributed by atoms with Crippen LogP contribution in [-0.2, 0) is 6.54 Å². The van der Waals surface area contributed by atoms with Gasteiger partial charge in [0, 0.05) is 31.0 Å². The molecular weight excluding hydrogens is 404 g/mol. The molecule has 1 amide bonds. The van der Waals surface area contributed by atoms with E-state index in [9.17, 15) is 4.79 Å². The highest BCUT2D eigenvalue weighted by Gasteiger charge is 2.21. The number of aromatic nitrogens is 3. The van der Waals surface area contributed by atoms with Crippen molar-refractivity contribution in [3.8, 4) is 0 Å². The molecule has 0 atom stereocenters.